The number of allylic oxidation sites excluding steroid dienone is 1. The van der Waals surface area contributed by atoms with E-state index in [0.29, 0.717) is 36.1 Å². The number of para-hydroxylation sites is 1. The zero-order valence-electron chi connectivity index (χ0n) is 32.9. The molecule has 1 heterocycles. The Labute approximate surface area is 315 Å². The lowest BCUT2D eigenvalue weighted by Crippen LogP contribution is -2.67. The van der Waals surface area contributed by atoms with E-state index in [4.69, 9.17) is 9.72 Å². The predicted molar refractivity (Wildman–Crippen MR) is 206 cm³/mol. The number of rotatable bonds is 8. The first-order chi connectivity index (χ1) is 24.3. The van der Waals surface area contributed by atoms with Crippen LogP contribution in [0.5, 0.6) is 0 Å². The molecule has 1 aromatic heterocycles. The van der Waals surface area contributed by atoms with Gasteiger partial charge in [0.2, 0.25) is 5.91 Å². The SMILES string of the molecule is C=C(C)[C@@H]1CC[C@]2(C(=O)NCc3nc4ccccc4s3)CC[C@]3(C)[C@H](CC[C@@H]4[C@@]5(C)CC[C@H](OC(=O)CC(C)(C)C(=O)O)C(C)(C)[C@@H]5CC[C@]43C)[C@@H]12. The van der Waals surface area contributed by atoms with Crippen molar-refractivity contribution < 1.29 is 24.2 Å². The van der Waals surface area contributed by atoms with Crippen molar-refractivity contribution >= 4 is 39.4 Å². The van der Waals surface area contributed by atoms with Gasteiger partial charge >= 0.3 is 11.9 Å². The standard InChI is InChI=1S/C44H62N2O5S/c1-26(2)27-16-21-44(37(48)45-25-34-46-29-12-10-11-13-30(29)52-34)23-22-42(8)28(36(27)44)14-15-32-41(7)19-18-33(51-35(47)24-39(3,4)38(49)50)40(5,6)31(41)17-20-43(32,42)9/h10-13,27-28,31-33,36H,1,14-25H2,2-9H3,(H,45,48)(H,49,50)/t27-,28+,31-,32+,33-,36+,41-,42+,43+,44-/m0/s1. The molecule has 52 heavy (non-hydrogen) atoms. The number of nitrogens with zero attached hydrogens (tertiary/aromatic N) is 1. The summed E-state index contributed by atoms with van der Waals surface area (Å²) in [7, 11) is 0. The first-order valence-electron chi connectivity index (χ1n) is 20.0. The molecule has 0 saturated heterocycles. The minimum atomic E-state index is -1.15. The Bertz CT molecular complexity index is 1750. The van der Waals surface area contributed by atoms with Crippen LogP contribution in [0.2, 0.25) is 0 Å². The molecule has 2 N–H and O–H groups in total. The summed E-state index contributed by atoms with van der Waals surface area (Å²) in [5.74, 6) is 0.919. The second-order valence-corrected chi connectivity index (χ2v) is 20.9. The molecule has 1 amide bonds. The molecule has 8 heteroatoms. The third-order valence-corrected chi connectivity index (χ3v) is 17.7. The van der Waals surface area contributed by atoms with Crippen molar-refractivity contribution in [2.24, 2.45) is 62.1 Å². The Morgan fingerprint density at radius 2 is 1.67 bits per heavy atom. The van der Waals surface area contributed by atoms with Crippen molar-refractivity contribution in [1.82, 2.24) is 10.3 Å². The number of thiazole rings is 1. The third kappa shape index (κ3) is 5.53. The van der Waals surface area contributed by atoms with Gasteiger partial charge in [-0.25, -0.2) is 4.98 Å². The van der Waals surface area contributed by atoms with Gasteiger partial charge < -0.3 is 15.2 Å². The normalized spacial score (nSPS) is 39.4. The number of nitrogens with one attached hydrogen (secondary N) is 1. The van der Waals surface area contributed by atoms with Crippen LogP contribution in [0.3, 0.4) is 0 Å². The van der Waals surface area contributed by atoms with Crippen molar-refractivity contribution in [3.05, 3.63) is 41.4 Å². The molecule has 5 aliphatic rings. The molecule has 284 valence electrons. The molecule has 5 fully saturated rings. The van der Waals surface area contributed by atoms with Gasteiger partial charge in [-0.1, -0.05) is 58.9 Å². The fourth-order valence-corrected chi connectivity index (χ4v) is 14.6. The number of carbonyl (C=O) groups is 3. The molecular weight excluding hydrogens is 669 g/mol. The van der Waals surface area contributed by atoms with Gasteiger partial charge in [0.15, 0.2) is 0 Å². The molecule has 0 radical (unpaired) electrons. The minimum absolute atomic E-state index is 0.110. The van der Waals surface area contributed by atoms with Crippen LogP contribution in [-0.4, -0.2) is 34.0 Å². The lowest BCUT2D eigenvalue weighted by Gasteiger charge is -2.72. The average Bonchev–Trinajstić information content (AvgIpc) is 3.67. The largest absolute Gasteiger partial charge is 0.481 e. The molecular formula is C44H62N2O5S. The number of carboxylic acids is 1. The summed E-state index contributed by atoms with van der Waals surface area (Å²) < 4.78 is 7.34. The maximum absolute atomic E-state index is 14.6. The number of benzene rings is 1. The van der Waals surface area contributed by atoms with Crippen LogP contribution < -0.4 is 5.32 Å². The van der Waals surface area contributed by atoms with E-state index in [1.54, 1.807) is 25.2 Å². The van der Waals surface area contributed by atoms with Gasteiger partial charge in [0.25, 0.3) is 0 Å². The zero-order chi connectivity index (χ0) is 37.6. The van der Waals surface area contributed by atoms with Gasteiger partial charge in [-0.15, -0.1) is 11.3 Å². The zero-order valence-corrected chi connectivity index (χ0v) is 33.7. The van der Waals surface area contributed by atoms with Crippen LogP contribution in [0.15, 0.2) is 36.4 Å². The summed E-state index contributed by atoms with van der Waals surface area (Å²) in [5.41, 5.74) is 0.859. The van der Waals surface area contributed by atoms with Gasteiger partial charge in [-0.3, -0.25) is 14.4 Å². The van der Waals surface area contributed by atoms with E-state index in [0.717, 1.165) is 73.0 Å². The summed E-state index contributed by atoms with van der Waals surface area (Å²) in [5, 5.41) is 14.0. The van der Waals surface area contributed by atoms with Crippen LogP contribution in [0.1, 0.15) is 131 Å². The van der Waals surface area contributed by atoms with E-state index in [1.807, 2.05) is 18.2 Å². The number of amides is 1. The van der Waals surface area contributed by atoms with Gasteiger partial charge in [-0.2, -0.15) is 0 Å². The van der Waals surface area contributed by atoms with Gasteiger partial charge in [0.05, 0.1) is 34.0 Å². The van der Waals surface area contributed by atoms with Crippen molar-refractivity contribution in [1.29, 1.82) is 0 Å². The summed E-state index contributed by atoms with van der Waals surface area (Å²) in [6, 6.07) is 8.20. The number of hydrogen-bond acceptors (Lipinski definition) is 6. The van der Waals surface area contributed by atoms with Gasteiger partial charge in [0.1, 0.15) is 11.1 Å². The second-order valence-electron chi connectivity index (χ2n) is 19.8. The van der Waals surface area contributed by atoms with E-state index in [1.165, 1.54) is 12.0 Å². The average molecular weight is 731 g/mol. The molecule has 5 saturated carbocycles. The van der Waals surface area contributed by atoms with E-state index >= 15 is 0 Å². The molecule has 7 nitrogen and oxygen atoms in total. The molecule has 0 aliphatic heterocycles. The van der Waals surface area contributed by atoms with Crippen molar-refractivity contribution in [3.63, 3.8) is 0 Å². The van der Waals surface area contributed by atoms with Gasteiger partial charge in [-0.05, 0) is 143 Å². The predicted octanol–water partition coefficient (Wildman–Crippen LogP) is 9.98. The fraction of sp³-hybridized carbons (Fsp3) is 0.727. The molecule has 0 unspecified atom stereocenters. The molecule has 2 aromatic rings. The van der Waals surface area contributed by atoms with E-state index < -0.39 is 17.4 Å². The smallest absolute Gasteiger partial charge is 0.309 e. The highest BCUT2D eigenvalue weighted by Gasteiger charge is 2.72. The van der Waals surface area contributed by atoms with E-state index in [-0.39, 0.29) is 45.5 Å². The highest BCUT2D eigenvalue weighted by molar-refractivity contribution is 7.18. The van der Waals surface area contributed by atoms with Crippen LogP contribution in [0, 0.1) is 62.1 Å². The number of hydrogen-bond donors (Lipinski definition) is 2. The van der Waals surface area contributed by atoms with Crippen molar-refractivity contribution in [3.8, 4) is 0 Å². The van der Waals surface area contributed by atoms with Crippen LogP contribution in [-0.2, 0) is 25.7 Å². The Hall–Kier alpha value is -2.74. The number of esters is 1. The number of aromatic nitrogens is 1. The number of aliphatic carboxylic acids is 1. The molecule has 5 aliphatic carbocycles. The quantitative estimate of drug-likeness (QED) is 0.207. The molecule has 7 rings (SSSR count). The van der Waals surface area contributed by atoms with Crippen molar-refractivity contribution in [2.75, 3.05) is 0 Å². The third-order valence-electron chi connectivity index (χ3n) is 16.6. The first kappa shape index (κ1) is 37.6. The maximum atomic E-state index is 14.6. The Morgan fingerprint density at radius 3 is 2.37 bits per heavy atom. The Kier molecular flexibility index (Phi) is 9.15. The van der Waals surface area contributed by atoms with Crippen molar-refractivity contribution in [2.45, 2.75) is 139 Å². The van der Waals surface area contributed by atoms with Crippen LogP contribution in [0.4, 0.5) is 0 Å². The fourth-order valence-electron chi connectivity index (χ4n) is 13.7. The monoisotopic (exact) mass is 730 g/mol. The Balaban J connectivity index is 1.13. The summed E-state index contributed by atoms with van der Waals surface area (Å²) in [6.07, 6.45) is 10.0. The number of fused-ring (bicyclic) bond motifs is 8. The summed E-state index contributed by atoms with van der Waals surface area (Å²) in [6.45, 7) is 22.7. The number of carbonyl (C=O) groups excluding carboxylic acids is 2. The topological polar surface area (TPSA) is 106 Å². The van der Waals surface area contributed by atoms with Gasteiger partial charge in [0, 0.05) is 5.41 Å². The first-order valence-corrected chi connectivity index (χ1v) is 20.8. The summed E-state index contributed by atoms with van der Waals surface area (Å²) in [4.78, 5) is 44.3. The second kappa shape index (κ2) is 12.7. The minimum Gasteiger partial charge on any atom is -0.481 e. The van der Waals surface area contributed by atoms with Crippen LogP contribution in [0.25, 0.3) is 10.2 Å². The molecule has 0 bridgehead atoms. The Morgan fingerprint density at radius 1 is 0.942 bits per heavy atom. The highest BCUT2D eigenvalue weighted by Crippen LogP contribution is 2.77. The highest BCUT2D eigenvalue weighted by atomic mass is 32.1. The lowest BCUT2D eigenvalue weighted by molar-refractivity contribution is -0.249. The molecule has 1 aromatic carbocycles. The molecule has 0 spiro atoms. The summed E-state index contributed by atoms with van der Waals surface area (Å²) >= 11 is 1.67. The maximum Gasteiger partial charge on any atom is 0.309 e. The van der Waals surface area contributed by atoms with E-state index in [2.05, 4.69) is 59.5 Å². The molecule has 10 atom stereocenters. The van der Waals surface area contributed by atoms with E-state index in [9.17, 15) is 19.5 Å². The number of ether oxygens (including phenoxy) is 1. The van der Waals surface area contributed by atoms with Crippen LogP contribution >= 0.6 is 11.3 Å². The number of carboxylic acid groups (broad SMARTS) is 1. The lowest BCUT2D eigenvalue weighted by atomic mass is 9.32.